The van der Waals surface area contributed by atoms with Crippen LogP contribution >= 0.6 is 12.4 Å². The number of para-hydroxylation sites is 2. The van der Waals surface area contributed by atoms with E-state index in [9.17, 15) is 4.79 Å². The first-order valence-electron chi connectivity index (χ1n) is 8.94. The van der Waals surface area contributed by atoms with Gasteiger partial charge in [0, 0.05) is 31.4 Å². The second-order valence-electron chi connectivity index (χ2n) is 6.68. The van der Waals surface area contributed by atoms with E-state index in [0.717, 1.165) is 31.7 Å². The Morgan fingerprint density at radius 1 is 1.11 bits per heavy atom. The molecule has 0 unspecified atom stereocenters. The van der Waals surface area contributed by atoms with Crippen molar-refractivity contribution >= 4 is 24.1 Å². The summed E-state index contributed by atoms with van der Waals surface area (Å²) in [7, 11) is 1.61. The largest absolute Gasteiger partial charge is 0.493 e. The molecule has 2 fully saturated rings. The number of amides is 2. The average molecular weight is 390 g/mol. The summed E-state index contributed by atoms with van der Waals surface area (Å²) >= 11 is 0. The highest BCUT2D eigenvalue weighted by Gasteiger charge is 2.39. The fourth-order valence-corrected chi connectivity index (χ4v) is 3.73. The first-order valence-corrected chi connectivity index (χ1v) is 8.94. The van der Waals surface area contributed by atoms with Gasteiger partial charge < -0.3 is 25.0 Å². The summed E-state index contributed by atoms with van der Waals surface area (Å²) in [5, 5.41) is 6.35. The summed E-state index contributed by atoms with van der Waals surface area (Å²) in [5.74, 6) is 2.62. The molecule has 0 aliphatic carbocycles. The summed E-state index contributed by atoms with van der Waals surface area (Å²) in [6, 6.07) is 15.2. The van der Waals surface area contributed by atoms with Crippen molar-refractivity contribution in [2.24, 2.45) is 5.92 Å². The monoisotopic (exact) mass is 389 g/mol. The molecule has 6 nitrogen and oxygen atoms in total. The van der Waals surface area contributed by atoms with Crippen LogP contribution in [-0.2, 0) is 0 Å². The van der Waals surface area contributed by atoms with Crippen molar-refractivity contribution in [3.8, 4) is 17.2 Å². The average Bonchev–Trinajstić information content (AvgIpc) is 3.27. The van der Waals surface area contributed by atoms with E-state index in [1.165, 1.54) is 0 Å². The predicted octanol–water partition coefficient (Wildman–Crippen LogP) is 3.73. The SMILES string of the molecule is COc1ccccc1Oc1ccc(NC(=O)N2CC[C@H]3CNC[C@H]32)cc1.Cl. The van der Waals surface area contributed by atoms with Crippen LogP contribution in [0.3, 0.4) is 0 Å². The molecule has 2 heterocycles. The number of likely N-dealkylation sites (tertiary alicyclic amines) is 1. The summed E-state index contributed by atoms with van der Waals surface area (Å²) in [6.45, 7) is 2.74. The zero-order valence-corrected chi connectivity index (χ0v) is 16.0. The Kier molecular flexibility index (Phi) is 6.08. The van der Waals surface area contributed by atoms with E-state index < -0.39 is 0 Å². The third-order valence-corrected chi connectivity index (χ3v) is 5.11. The molecule has 144 valence electrons. The third-order valence-electron chi connectivity index (χ3n) is 5.11. The number of nitrogens with one attached hydrogen (secondary N) is 2. The molecule has 2 aromatic carbocycles. The molecule has 2 amide bonds. The highest BCUT2D eigenvalue weighted by Crippen LogP contribution is 2.32. The molecular weight excluding hydrogens is 366 g/mol. The minimum absolute atomic E-state index is 0. The van der Waals surface area contributed by atoms with Gasteiger partial charge in [0.05, 0.1) is 7.11 Å². The van der Waals surface area contributed by atoms with Gasteiger partial charge in [-0.1, -0.05) is 12.1 Å². The highest BCUT2D eigenvalue weighted by atomic mass is 35.5. The van der Waals surface area contributed by atoms with Crippen LogP contribution in [0.25, 0.3) is 0 Å². The molecule has 0 radical (unpaired) electrons. The predicted molar refractivity (Wildman–Crippen MR) is 107 cm³/mol. The number of benzene rings is 2. The lowest BCUT2D eigenvalue weighted by molar-refractivity contribution is 0.206. The van der Waals surface area contributed by atoms with Crippen molar-refractivity contribution in [2.45, 2.75) is 12.5 Å². The topological polar surface area (TPSA) is 62.8 Å². The second kappa shape index (κ2) is 8.50. The van der Waals surface area contributed by atoms with Gasteiger partial charge in [-0.05, 0) is 48.7 Å². The molecule has 2 saturated heterocycles. The normalized spacial score (nSPS) is 20.6. The van der Waals surface area contributed by atoms with E-state index >= 15 is 0 Å². The number of urea groups is 1. The number of carbonyl (C=O) groups excluding carboxylic acids is 1. The van der Waals surface area contributed by atoms with Crippen molar-refractivity contribution in [3.05, 3.63) is 48.5 Å². The van der Waals surface area contributed by atoms with Crippen LogP contribution in [0.4, 0.5) is 10.5 Å². The maximum Gasteiger partial charge on any atom is 0.322 e. The second-order valence-corrected chi connectivity index (χ2v) is 6.68. The lowest BCUT2D eigenvalue weighted by atomic mass is 10.1. The van der Waals surface area contributed by atoms with E-state index in [-0.39, 0.29) is 18.4 Å². The van der Waals surface area contributed by atoms with E-state index in [4.69, 9.17) is 9.47 Å². The quantitative estimate of drug-likeness (QED) is 0.836. The molecule has 0 saturated carbocycles. The first-order chi connectivity index (χ1) is 12.7. The number of hydrogen-bond acceptors (Lipinski definition) is 4. The summed E-state index contributed by atoms with van der Waals surface area (Å²) in [5.41, 5.74) is 0.761. The van der Waals surface area contributed by atoms with Crippen LogP contribution in [0.1, 0.15) is 6.42 Å². The molecule has 2 N–H and O–H groups in total. The van der Waals surface area contributed by atoms with E-state index in [1.807, 2.05) is 53.4 Å². The molecule has 7 heteroatoms. The Morgan fingerprint density at radius 2 is 1.85 bits per heavy atom. The first kappa shape index (κ1) is 19.3. The number of fused-ring (bicyclic) bond motifs is 1. The van der Waals surface area contributed by atoms with Crippen LogP contribution < -0.4 is 20.1 Å². The minimum atomic E-state index is -0.0282. The van der Waals surface area contributed by atoms with Gasteiger partial charge >= 0.3 is 6.03 Å². The number of halogens is 1. The number of nitrogens with zero attached hydrogens (tertiary/aromatic N) is 1. The Hall–Kier alpha value is -2.44. The molecule has 4 rings (SSSR count). The lowest BCUT2D eigenvalue weighted by Gasteiger charge is -2.23. The van der Waals surface area contributed by atoms with Gasteiger partial charge in [0.15, 0.2) is 11.5 Å². The molecule has 0 bridgehead atoms. The van der Waals surface area contributed by atoms with Crippen LogP contribution in [0.15, 0.2) is 48.5 Å². The summed E-state index contributed by atoms with van der Waals surface area (Å²) in [6.07, 6.45) is 1.08. The van der Waals surface area contributed by atoms with Crippen molar-refractivity contribution in [2.75, 3.05) is 32.1 Å². The standard InChI is InChI=1S/C20H23N3O3.ClH/c1-25-18-4-2-3-5-19(18)26-16-8-6-15(7-9-16)22-20(24)23-11-10-14-12-21-13-17(14)23;/h2-9,14,17,21H,10-13H2,1H3,(H,22,24);1H/t14-,17+;/m0./s1. The smallest absolute Gasteiger partial charge is 0.322 e. The van der Waals surface area contributed by atoms with E-state index in [0.29, 0.717) is 29.2 Å². The molecule has 2 atom stereocenters. The van der Waals surface area contributed by atoms with Gasteiger partial charge in [-0.15, -0.1) is 12.4 Å². The molecule has 2 aliphatic rings. The summed E-state index contributed by atoms with van der Waals surface area (Å²) < 4.78 is 11.2. The maximum atomic E-state index is 12.6. The zero-order chi connectivity index (χ0) is 17.9. The van der Waals surface area contributed by atoms with Gasteiger partial charge in [0.1, 0.15) is 5.75 Å². The van der Waals surface area contributed by atoms with Crippen molar-refractivity contribution < 1.29 is 14.3 Å². The maximum absolute atomic E-state index is 12.6. The number of ether oxygens (including phenoxy) is 2. The molecule has 2 aliphatic heterocycles. The van der Waals surface area contributed by atoms with Gasteiger partial charge in [0.2, 0.25) is 0 Å². The lowest BCUT2D eigenvalue weighted by Crippen LogP contribution is -2.41. The Labute approximate surface area is 165 Å². The Morgan fingerprint density at radius 3 is 2.59 bits per heavy atom. The van der Waals surface area contributed by atoms with Crippen LogP contribution in [0, 0.1) is 5.92 Å². The van der Waals surface area contributed by atoms with Gasteiger partial charge in [-0.25, -0.2) is 4.79 Å². The van der Waals surface area contributed by atoms with Crippen molar-refractivity contribution in [1.29, 1.82) is 0 Å². The van der Waals surface area contributed by atoms with Crippen molar-refractivity contribution in [1.82, 2.24) is 10.2 Å². The highest BCUT2D eigenvalue weighted by molar-refractivity contribution is 5.89. The van der Waals surface area contributed by atoms with Crippen LogP contribution in [-0.4, -0.2) is 43.7 Å². The number of rotatable bonds is 4. The minimum Gasteiger partial charge on any atom is -0.493 e. The molecule has 2 aromatic rings. The number of methoxy groups -OCH3 is 1. The Balaban J connectivity index is 0.00000210. The number of anilines is 1. The fourth-order valence-electron chi connectivity index (χ4n) is 3.73. The van der Waals surface area contributed by atoms with Gasteiger partial charge in [-0.3, -0.25) is 0 Å². The van der Waals surface area contributed by atoms with Crippen molar-refractivity contribution in [3.63, 3.8) is 0 Å². The molecule has 0 spiro atoms. The number of carbonyl (C=O) groups is 1. The van der Waals surface area contributed by atoms with E-state index in [1.54, 1.807) is 7.11 Å². The van der Waals surface area contributed by atoms with Gasteiger partial charge in [-0.2, -0.15) is 0 Å². The fraction of sp³-hybridized carbons (Fsp3) is 0.350. The van der Waals surface area contributed by atoms with Crippen LogP contribution in [0.2, 0.25) is 0 Å². The number of hydrogen-bond donors (Lipinski definition) is 2. The van der Waals surface area contributed by atoms with E-state index in [2.05, 4.69) is 10.6 Å². The van der Waals surface area contributed by atoms with Crippen LogP contribution in [0.5, 0.6) is 17.2 Å². The molecule has 0 aromatic heterocycles. The van der Waals surface area contributed by atoms with Gasteiger partial charge in [0.25, 0.3) is 0 Å². The zero-order valence-electron chi connectivity index (χ0n) is 15.2. The molecule has 27 heavy (non-hydrogen) atoms. The molecular formula is C20H24ClN3O3. The summed E-state index contributed by atoms with van der Waals surface area (Å²) in [4.78, 5) is 14.5. The Bertz CT molecular complexity index is 784. The third kappa shape index (κ3) is 4.12.